The van der Waals surface area contributed by atoms with Crippen molar-refractivity contribution >= 4 is 12.0 Å². The summed E-state index contributed by atoms with van der Waals surface area (Å²) in [7, 11) is 0. The zero-order valence-electron chi connectivity index (χ0n) is 12.3. The van der Waals surface area contributed by atoms with Crippen LogP contribution in [0.3, 0.4) is 0 Å². The summed E-state index contributed by atoms with van der Waals surface area (Å²) in [6.07, 6.45) is 3.79. The first kappa shape index (κ1) is 13.7. The topological polar surface area (TPSA) is 69.6 Å². The van der Waals surface area contributed by atoms with Gasteiger partial charge in [0.2, 0.25) is 0 Å². The molecule has 1 aliphatic heterocycles. The van der Waals surface area contributed by atoms with Crippen LogP contribution in [0.15, 0.2) is 0 Å². The van der Waals surface area contributed by atoms with Crippen molar-refractivity contribution in [1.29, 1.82) is 0 Å². The number of carboxylic acid groups (broad SMARTS) is 1. The fraction of sp³-hybridized carbons (Fsp3) is 0.867. The maximum atomic E-state index is 12.2. The largest absolute Gasteiger partial charge is 0.481 e. The van der Waals surface area contributed by atoms with Gasteiger partial charge in [0.15, 0.2) is 0 Å². The molecule has 3 fully saturated rings. The average molecular weight is 280 g/mol. The minimum Gasteiger partial charge on any atom is -0.481 e. The van der Waals surface area contributed by atoms with E-state index in [0.29, 0.717) is 37.4 Å². The van der Waals surface area contributed by atoms with Crippen molar-refractivity contribution in [3.05, 3.63) is 0 Å². The van der Waals surface area contributed by atoms with Gasteiger partial charge in [0, 0.05) is 19.6 Å². The second-order valence-corrected chi connectivity index (χ2v) is 7.51. The lowest BCUT2D eigenvalue weighted by molar-refractivity contribution is -0.149. The molecule has 0 aromatic rings. The molecule has 3 rings (SSSR count). The van der Waals surface area contributed by atoms with Crippen molar-refractivity contribution in [2.75, 3.05) is 19.6 Å². The molecule has 5 nitrogen and oxygen atoms in total. The molecule has 0 spiro atoms. The normalized spacial score (nSPS) is 37.6. The van der Waals surface area contributed by atoms with Crippen LogP contribution in [0.4, 0.5) is 4.79 Å². The standard InChI is InChI=1S/C15H24N2O3/c1-14(2)6-11(14)7-16-13(20)17-8-10-4-3-5-15(10,9-17)12(18)19/h10-11H,3-9H2,1-2H3,(H,16,20)(H,18,19)/t10-,11?,15+/m0/s1. The Morgan fingerprint density at radius 2 is 2.10 bits per heavy atom. The van der Waals surface area contributed by atoms with Gasteiger partial charge in [-0.25, -0.2) is 4.79 Å². The van der Waals surface area contributed by atoms with Crippen molar-refractivity contribution in [1.82, 2.24) is 10.2 Å². The van der Waals surface area contributed by atoms with Gasteiger partial charge in [-0.15, -0.1) is 0 Å². The summed E-state index contributed by atoms with van der Waals surface area (Å²) in [5.41, 5.74) is -0.312. The molecule has 1 unspecified atom stereocenters. The molecule has 1 saturated heterocycles. The van der Waals surface area contributed by atoms with Crippen molar-refractivity contribution < 1.29 is 14.7 Å². The van der Waals surface area contributed by atoms with Gasteiger partial charge in [0.1, 0.15) is 0 Å². The van der Waals surface area contributed by atoms with Crippen LogP contribution in [0.25, 0.3) is 0 Å². The first-order chi connectivity index (χ1) is 9.35. The molecule has 2 saturated carbocycles. The van der Waals surface area contributed by atoms with Crippen LogP contribution >= 0.6 is 0 Å². The second kappa shape index (κ2) is 4.37. The highest BCUT2D eigenvalue weighted by atomic mass is 16.4. The number of fused-ring (bicyclic) bond motifs is 1. The lowest BCUT2D eigenvalue weighted by atomic mass is 9.81. The summed E-state index contributed by atoms with van der Waals surface area (Å²) in [4.78, 5) is 25.5. The van der Waals surface area contributed by atoms with Gasteiger partial charge in [-0.3, -0.25) is 4.79 Å². The molecular formula is C15H24N2O3. The van der Waals surface area contributed by atoms with E-state index >= 15 is 0 Å². The van der Waals surface area contributed by atoms with Crippen LogP contribution in [0.1, 0.15) is 39.5 Å². The second-order valence-electron chi connectivity index (χ2n) is 7.51. The van der Waals surface area contributed by atoms with E-state index in [4.69, 9.17) is 0 Å². The summed E-state index contributed by atoms with van der Waals surface area (Å²) < 4.78 is 0. The number of amides is 2. The summed E-state index contributed by atoms with van der Waals surface area (Å²) >= 11 is 0. The summed E-state index contributed by atoms with van der Waals surface area (Å²) in [6, 6.07) is -0.0808. The number of urea groups is 1. The SMILES string of the molecule is CC1(C)CC1CNC(=O)N1C[C@@H]2CCC[C@@]2(C(=O)O)C1. The van der Waals surface area contributed by atoms with Crippen molar-refractivity contribution in [2.45, 2.75) is 39.5 Å². The minimum absolute atomic E-state index is 0.0808. The van der Waals surface area contributed by atoms with Crippen molar-refractivity contribution in [3.63, 3.8) is 0 Å². The predicted molar refractivity (Wildman–Crippen MR) is 74.3 cm³/mol. The van der Waals surface area contributed by atoms with Crippen LogP contribution in [0.2, 0.25) is 0 Å². The number of likely N-dealkylation sites (tertiary alicyclic amines) is 1. The number of rotatable bonds is 3. The predicted octanol–water partition coefficient (Wildman–Crippen LogP) is 1.93. The fourth-order valence-electron chi connectivity index (χ4n) is 4.04. The Morgan fingerprint density at radius 1 is 1.40 bits per heavy atom. The minimum atomic E-state index is -0.723. The number of hydrogen-bond acceptors (Lipinski definition) is 2. The quantitative estimate of drug-likeness (QED) is 0.830. The number of aliphatic carboxylic acids is 1. The van der Waals surface area contributed by atoms with E-state index in [1.54, 1.807) is 4.90 Å². The Bertz CT molecular complexity index is 448. The van der Waals surface area contributed by atoms with Gasteiger partial charge < -0.3 is 15.3 Å². The number of carbonyl (C=O) groups excluding carboxylic acids is 1. The van der Waals surface area contributed by atoms with Gasteiger partial charge in [0.05, 0.1) is 5.41 Å². The maximum absolute atomic E-state index is 12.2. The van der Waals surface area contributed by atoms with Gasteiger partial charge in [-0.1, -0.05) is 20.3 Å². The number of nitrogens with zero attached hydrogens (tertiary/aromatic N) is 1. The number of hydrogen-bond donors (Lipinski definition) is 2. The van der Waals surface area contributed by atoms with Crippen LogP contribution in [-0.2, 0) is 4.79 Å². The molecule has 3 atom stereocenters. The molecule has 2 N–H and O–H groups in total. The van der Waals surface area contributed by atoms with E-state index in [-0.39, 0.29) is 11.9 Å². The molecule has 0 aromatic heterocycles. The molecule has 1 heterocycles. The Morgan fingerprint density at radius 3 is 2.65 bits per heavy atom. The Kier molecular flexibility index (Phi) is 2.99. The molecule has 0 bridgehead atoms. The molecule has 3 aliphatic rings. The first-order valence-corrected chi connectivity index (χ1v) is 7.61. The van der Waals surface area contributed by atoms with Gasteiger partial charge in [-0.05, 0) is 36.5 Å². The zero-order valence-corrected chi connectivity index (χ0v) is 12.3. The monoisotopic (exact) mass is 280 g/mol. The van der Waals surface area contributed by atoms with Gasteiger partial charge in [0.25, 0.3) is 0 Å². The van der Waals surface area contributed by atoms with Crippen LogP contribution in [0.5, 0.6) is 0 Å². The lowest BCUT2D eigenvalue weighted by Crippen LogP contribution is -2.42. The third kappa shape index (κ3) is 2.07. The molecule has 0 radical (unpaired) electrons. The van der Waals surface area contributed by atoms with Crippen molar-refractivity contribution in [2.24, 2.45) is 22.7 Å². The van der Waals surface area contributed by atoms with Crippen molar-refractivity contribution in [3.8, 4) is 0 Å². The maximum Gasteiger partial charge on any atom is 0.317 e. The lowest BCUT2D eigenvalue weighted by Gasteiger charge is -2.23. The molecule has 0 aromatic carbocycles. The fourth-order valence-corrected chi connectivity index (χ4v) is 4.04. The zero-order chi connectivity index (χ0) is 14.5. The van der Waals surface area contributed by atoms with Gasteiger partial charge >= 0.3 is 12.0 Å². The Balaban J connectivity index is 1.57. The number of carbonyl (C=O) groups is 2. The van der Waals surface area contributed by atoms with Crippen LogP contribution in [0, 0.1) is 22.7 Å². The van der Waals surface area contributed by atoms with E-state index in [2.05, 4.69) is 19.2 Å². The van der Waals surface area contributed by atoms with Crippen LogP contribution in [-0.4, -0.2) is 41.6 Å². The van der Waals surface area contributed by atoms with E-state index in [1.165, 1.54) is 0 Å². The Hall–Kier alpha value is -1.26. The highest BCUT2D eigenvalue weighted by Gasteiger charge is 2.56. The first-order valence-electron chi connectivity index (χ1n) is 7.61. The third-order valence-electron chi connectivity index (χ3n) is 5.80. The molecule has 112 valence electrons. The van der Waals surface area contributed by atoms with E-state index in [9.17, 15) is 14.7 Å². The summed E-state index contributed by atoms with van der Waals surface area (Å²) in [6.45, 7) is 6.12. The van der Waals surface area contributed by atoms with Gasteiger partial charge in [-0.2, -0.15) is 0 Å². The van der Waals surface area contributed by atoms with E-state index < -0.39 is 11.4 Å². The van der Waals surface area contributed by atoms with E-state index in [1.807, 2.05) is 0 Å². The summed E-state index contributed by atoms with van der Waals surface area (Å²) in [5.74, 6) is -0.0104. The summed E-state index contributed by atoms with van der Waals surface area (Å²) in [5, 5.41) is 12.5. The molecular weight excluding hydrogens is 256 g/mol. The highest BCUT2D eigenvalue weighted by Crippen LogP contribution is 2.51. The van der Waals surface area contributed by atoms with Crippen LogP contribution < -0.4 is 5.32 Å². The smallest absolute Gasteiger partial charge is 0.317 e. The third-order valence-corrected chi connectivity index (χ3v) is 5.80. The number of carboxylic acids is 1. The molecule has 2 amide bonds. The average Bonchev–Trinajstić information content (AvgIpc) is 2.75. The highest BCUT2D eigenvalue weighted by molar-refractivity contribution is 5.80. The Labute approximate surface area is 119 Å². The number of nitrogens with one attached hydrogen (secondary N) is 1. The van der Waals surface area contributed by atoms with E-state index in [0.717, 1.165) is 19.3 Å². The molecule has 5 heteroatoms. The molecule has 20 heavy (non-hydrogen) atoms. The molecule has 2 aliphatic carbocycles.